The van der Waals surface area contributed by atoms with E-state index < -0.39 is 23.5 Å². The fourth-order valence-electron chi connectivity index (χ4n) is 5.60. The number of halogens is 2. The van der Waals surface area contributed by atoms with E-state index in [-0.39, 0.29) is 45.5 Å². The van der Waals surface area contributed by atoms with E-state index in [2.05, 4.69) is 25.1 Å². The first-order chi connectivity index (χ1) is 16.1. The molecule has 180 valence electrons. The lowest BCUT2D eigenvalue weighted by Crippen LogP contribution is -2.45. The number of pyridine rings is 1. The van der Waals surface area contributed by atoms with Gasteiger partial charge in [-0.3, -0.25) is 9.89 Å². The third-order valence-electron chi connectivity index (χ3n) is 7.00. The van der Waals surface area contributed by atoms with Gasteiger partial charge in [0, 0.05) is 4.75 Å². The summed E-state index contributed by atoms with van der Waals surface area (Å²) in [6, 6.07) is 1.30. The summed E-state index contributed by atoms with van der Waals surface area (Å²) in [7, 11) is 0. The number of thioether (sulfide) groups is 1. The van der Waals surface area contributed by atoms with Gasteiger partial charge in [0.1, 0.15) is 16.5 Å². The zero-order valence-electron chi connectivity index (χ0n) is 19.3. The van der Waals surface area contributed by atoms with Crippen LogP contribution in [0.15, 0.2) is 17.3 Å². The maximum atomic E-state index is 15.7. The number of carboxylic acid groups (broad SMARTS) is 1. The smallest absolute Gasteiger partial charge is 0.307 e. The van der Waals surface area contributed by atoms with Crippen molar-refractivity contribution >= 4 is 28.8 Å². The third kappa shape index (κ3) is 4.28. The maximum absolute atomic E-state index is 15.7. The number of aromatic amines is 1. The van der Waals surface area contributed by atoms with Crippen LogP contribution >= 0.6 is 11.8 Å². The van der Waals surface area contributed by atoms with E-state index in [0.717, 1.165) is 31.9 Å². The minimum absolute atomic E-state index is 0.130. The number of nitrogens with zero attached hydrogens (tertiary/aromatic N) is 4. The Morgan fingerprint density at radius 1 is 1.18 bits per heavy atom. The van der Waals surface area contributed by atoms with Gasteiger partial charge in [-0.05, 0) is 55.9 Å². The van der Waals surface area contributed by atoms with E-state index in [9.17, 15) is 14.3 Å². The van der Waals surface area contributed by atoms with Gasteiger partial charge in [-0.1, -0.05) is 32.5 Å². The predicted octanol–water partition coefficient (Wildman–Crippen LogP) is 5.26. The summed E-state index contributed by atoms with van der Waals surface area (Å²) in [5.74, 6) is -1.93. The van der Waals surface area contributed by atoms with Crippen LogP contribution in [0.1, 0.15) is 52.1 Å². The molecule has 34 heavy (non-hydrogen) atoms. The van der Waals surface area contributed by atoms with Gasteiger partial charge in [-0.15, -0.1) is 0 Å². The summed E-state index contributed by atoms with van der Waals surface area (Å²) < 4.78 is 29.3. The molecule has 3 aromatic heterocycles. The van der Waals surface area contributed by atoms with E-state index in [1.165, 1.54) is 17.8 Å². The van der Waals surface area contributed by atoms with Crippen molar-refractivity contribution in [2.24, 2.45) is 23.7 Å². The van der Waals surface area contributed by atoms with Gasteiger partial charge in [-0.2, -0.15) is 5.10 Å². The molecule has 0 saturated heterocycles. The predicted molar refractivity (Wildman–Crippen MR) is 124 cm³/mol. The second-order valence-corrected chi connectivity index (χ2v) is 12.2. The summed E-state index contributed by atoms with van der Waals surface area (Å²) in [6.45, 7) is 5.89. The number of hydrogen-bond donors (Lipinski definition) is 2. The quantitative estimate of drug-likeness (QED) is 0.373. The lowest BCUT2D eigenvalue weighted by atomic mass is 9.57. The number of aromatic nitrogens is 5. The summed E-state index contributed by atoms with van der Waals surface area (Å²) in [4.78, 5) is 25.1. The molecule has 3 saturated carbocycles. The van der Waals surface area contributed by atoms with E-state index in [1.54, 1.807) is 0 Å². The first kappa shape index (κ1) is 23.1. The summed E-state index contributed by atoms with van der Waals surface area (Å²) in [5.41, 5.74) is 0.873. The Kier molecular flexibility index (Phi) is 5.82. The van der Waals surface area contributed by atoms with Crippen LogP contribution in [0.4, 0.5) is 8.78 Å². The molecule has 0 spiro atoms. The number of hydrogen-bond acceptors (Lipinski definition) is 6. The monoisotopic (exact) mass is 487 g/mol. The second-order valence-electron chi connectivity index (χ2n) is 10.4. The first-order valence-corrected chi connectivity index (χ1v) is 12.4. The second kappa shape index (κ2) is 8.55. The molecule has 3 aliphatic carbocycles. The summed E-state index contributed by atoms with van der Waals surface area (Å²) in [6.07, 6.45) is 5.08. The molecular formula is C24H27F2N5O2S. The number of carboxylic acids is 1. The number of carbonyl (C=O) groups is 1. The number of fused-ring (bicyclic) bond motifs is 4. The van der Waals surface area contributed by atoms with Crippen LogP contribution < -0.4 is 0 Å². The first-order valence-electron chi connectivity index (χ1n) is 11.6. The summed E-state index contributed by atoms with van der Waals surface area (Å²) >= 11 is 1.28. The van der Waals surface area contributed by atoms with Gasteiger partial charge in [0.2, 0.25) is 0 Å². The number of rotatable bonds is 5. The Morgan fingerprint density at radius 2 is 1.88 bits per heavy atom. The Labute approximate surface area is 200 Å². The van der Waals surface area contributed by atoms with Gasteiger partial charge in [-0.25, -0.2) is 23.7 Å². The molecule has 3 fully saturated rings. The minimum Gasteiger partial charge on any atom is -0.481 e. The van der Waals surface area contributed by atoms with Crippen molar-refractivity contribution in [2.45, 2.75) is 62.6 Å². The van der Waals surface area contributed by atoms with Crippen LogP contribution in [-0.4, -0.2) is 41.0 Å². The zero-order valence-corrected chi connectivity index (χ0v) is 20.1. The molecule has 0 radical (unpaired) electrons. The van der Waals surface area contributed by atoms with Crippen LogP contribution in [-0.2, 0) is 11.2 Å². The van der Waals surface area contributed by atoms with Crippen molar-refractivity contribution < 1.29 is 18.7 Å². The minimum atomic E-state index is -0.806. The normalized spacial score (nSPS) is 24.6. The van der Waals surface area contributed by atoms with Gasteiger partial charge in [0.15, 0.2) is 17.3 Å². The molecular weight excluding hydrogens is 460 g/mol. The van der Waals surface area contributed by atoms with Crippen LogP contribution in [0.2, 0.25) is 0 Å². The molecule has 6 rings (SSSR count). The average molecular weight is 488 g/mol. The molecule has 0 unspecified atom stereocenters. The van der Waals surface area contributed by atoms with Crippen molar-refractivity contribution in [3.8, 4) is 11.5 Å². The van der Waals surface area contributed by atoms with Gasteiger partial charge < -0.3 is 5.11 Å². The topological polar surface area (TPSA) is 105 Å². The zero-order chi connectivity index (χ0) is 24.2. The van der Waals surface area contributed by atoms with E-state index in [1.807, 2.05) is 20.8 Å². The van der Waals surface area contributed by atoms with Crippen LogP contribution in [0.3, 0.4) is 0 Å². The number of aliphatic carboxylic acids is 1. The van der Waals surface area contributed by atoms with Crippen molar-refractivity contribution in [1.82, 2.24) is 25.1 Å². The molecule has 0 amide bonds. The Morgan fingerprint density at radius 3 is 2.56 bits per heavy atom. The lowest BCUT2D eigenvalue weighted by Gasteiger charge is -2.46. The highest BCUT2D eigenvalue weighted by Gasteiger charge is 2.47. The van der Waals surface area contributed by atoms with Crippen molar-refractivity contribution in [3.63, 3.8) is 0 Å². The van der Waals surface area contributed by atoms with E-state index in [4.69, 9.17) is 0 Å². The fraction of sp³-hybridized carbons (Fsp3) is 0.542. The summed E-state index contributed by atoms with van der Waals surface area (Å²) in [5, 5.41) is 17.5. The third-order valence-corrected chi connectivity index (χ3v) is 8.07. The fourth-order valence-corrected chi connectivity index (χ4v) is 6.52. The Bertz CT molecular complexity index is 1250. The van der Waals surface area contributed by atoms with Crippen LogP contribution in [0.25, 0.3) is 22.6 Å². The molecule has 2 bridgehead atoms. The number of nitrogens with one attached hydrogen (secondary N) is 1. The molecule has 3 heterocycles. The van der Waals surface area contributed by atoms with Gasteiger partial charge in [0.05, 0.1) is 23.2 Å². The highest BCUT2D eigenvalue weighted by atomic mass is 32.2. The Balaban J connectivity index is 1.61. The standard InChI is InChI=1S/C24H27F2N5O2S/c1-24(2,3)34-22-18(26)16(9-14-11-4-6-12(7-5-11)17(14)23(32)33)28-21(29-22)19-15-8-13(25)10-27-20(15)31-30-19/h8,10-12,14,17H,4-7,9H2,1-3H3,(H,32,33)(H,27,30,31)/t11?,12?,14-,17-/m0/s1. The van der Waals surface area contributed by atoms with Crippen LogP contribution in [0.5, 0.6) is 0 Å². The molecule has 3 aliphatic rings. The highest BCUT2D eigenvalue weighted by Crippen LogP contribution is 2.50. The Hall–Kier alpha value is -2.62. The largest absolute Gasteiger partial charge is 0.481 e. The molecule has 0 aliphatic heterocycles. The average Bonchev–Trinajstić information content (AvgIpc) is 3.19. The van der Waals surface area contributed by atoms with Crippen molar-refractivity contribution in [2.75, 3.05) is 0 Å². The van der Waals surface area contributed by atoms with E-state index in [0.29, 0.717) is 16.7 Å². The molecule has 2 atom stereocenters. The van der Waals surface area contributed by atoms with Crippen LogP contribution in [0, 0.1) is 35.3 Å². The molecule has 7 nitrogen and oxygen atoms in total. The maximum Gasteiger partial charge on any atom is 0.307 e. The van der Waals surface area contributed by atoms with E-state index >= 15 is 4.39 Å². The number of H-pyrrole nitrogens is 1. The van der Waals surface area contributed by atoms with Gasteiger partial charge in [0.25, 0.3) is 0 Å². The molecule has 0 aromatic carbocycles. The van der Waals surface area contributed by atoms with Crippen molar-refractivity contribution in [3.05, 3.63) is 29.6 Å². The van der Waals surface area contributed by atoms with Gasteiger partial charge >= 0.3 is 5.97 Å². The van der Waals surface area contributed by atoms with Crippen molar-refractivity contribution in [1.29, 1.82) is 0 Å². The highest BCUT2D eigenvalue weighted by molar-refractivity contribution is 8.00. The SMILES string of the molecule is CC(C)(C)Sc1nc(-c2[nH]nc3ncc(F)cc23)nc(C[C@H]2C3CCC(CC3)[C@@H]2C(=O)O)c1F. The molecule has 2 N–H and O–H groups in total. The molecule has 10 heteroatoms. The lowest BCUT2D eigenvalue weighted by molar-refractivity contribution is -0.152. The molecule has 3 aromatic rings.